The van der Waals surface area contributed by atoms with E-state index in [9.17, 15) is 4.79 Å². The number of hydrogen-bond donors (Lipinski definition) is 1. The molecular weight excluding hydrogens is 326 g/mol. The quantitative estimate of drug-likeness (QED) is 0.661. The molecule has 0 radical (unpaired) electrons. The van der Waals surface area contributed by atoms with Crippen molar-refractivity contribution in [2.45, 2.75) is 13.0 Å². The smallest absolute Gasteiger partial charge is 0.293 e. The van der Waals surface area contributed by atoms with Crippen molar-refractivity contribution in [1.29, 1.82) is 0 Å². The van der Waals surface area contributed by atoms with E-state index in [0.717, 1.165) is 22.0 Å². The maximum absolute atomic E-state index is 10.6. The van der Waals surface area contributed by atoms with E-state index in [1.807, 2.05) is 31.2 Å². The van der Waals surface area contributed by atoms with Crippen molar-refractivity contribution in [2.24, 2.45) is 0 Å². The molecule has 24 heavy (non-hydrogen) atoms. The lowest BCUT2D eigenvalue weighted by molar-refractivity contribution is -0.129. The highest BCUT2D eigenvalue weighted by atomic mass is 32.1. The number of hydrogen-bond acceptors (Lipinski definition) is 8. The summed E-state index contributed by atoms with van der Waals surface area (Å²) in [7, 11) is 0. The number of aryl methyl sites for hydroxylation is 1. The van der Waals surface area contributed by atoms with Gasteiger partial charge in [-0.3, -0.25) is 9.78 Å². The van der Waals surface area contributed by atoms with Gasteiger partial charge >= 0.3 is 0 Å². The molecule has 0 aliphatic heterocycles. The predicted octanol–water partition coefficient (Wildman–Crippen LogP) is 2.63. The van der Waals surface area contributed by atoms with E-state index < -0.39 is 0 Å². The SMILES string of the molecule is Cc1ccnc(NC(COC=O)c2scnc2-c2ccccn2)n1. The fourth-order valence-corrected chi connectivity index (χ4v) is 3.02. The molecule has 122 valence electrons. The van der Waals surface area contributed by atoms with Crippen LogP contribution in [-0.2, 0) is 9.53 Å². The van der Waals surface area contributed by atoms with E-state index >= 15 is 0 Å². The van der Waals surface area contributed by atoms with Gasteiger partial charge in [0.05, 0.1) is 22.1 Å². The number of nitrogens with one attached hydrogen (secondary N) is 1. The van der Waals surface area contributed by atoms with Gasteiger partial charge in [0.25, 0.3) is 6.47 Å². The summed E-state index contributed by atoms with van der Waals surface area (Å²) in [4.78, 5) is 28.8. The molecule has 3 aromatic rings. The number of rotatable bonds is 7. The van der Waals surface area contributed by atoms with Crippen molar-refractivity contribution in [1.82, 2.24) is 19.9 Å². The number of pyridine rings is 1. The third kappa shape index (κ3) is 3.72. The number of ether oxygens (including phenoxy) is 1. The fraction of sp³-hybridized carbons (Fsp3) is 0.188. The molecule has 7 nitrogen and oxygen atoms in total. The van der Waals surface area contributed by atoms with E-state index in [-0.39, 0.29) is 12.6 Å². The van der Waals surface area contributed by atoms with Crippen molar-refractivity contribution in [3.05, 3.63) is 52.7 Å². The number of anilines is 1. The zero-order valence-corrected chi connectivity index (χ0v) is 13.7. The summed E-state index contributed by atoms with van der Waals surface area (Å²) >= 11 is 1.46. The number of nitrogens with zero attached hydrogens (tertiary/aromatic N) is 4. The highest BCUT2D eigenvalue weighted by molar-refractivity contribution is 7.10. The minimum absolute atomic E-state index is 0.142. The average molecular weight is 341 g/mol. The largest absolute Gasteiger partial charge is 0.465 e. The Kier molecular flexibility index (Phi) is 5.07. The highest BCUT2D eigenvalue weighted by Crippen LogP contribution is 2.31. The second-order valence-electron chi connectivity index (χ2n) is 4.93. The molecule has 1 unspecified atom stereocenters. The number of thiazole rings is 1. The van der Waals surface area contributed by atoms with Crippen molar-refractivity contribution >= 4 is 23.8 Å². The molecule has 0 saturated heterocycles. The summed E-state index contributed by atoms with van der Waals surface area (Å²) in [5, 5.41) is 3.20. The van der Waals surface area contributed by atoms with Gasteiger partial charge in [0, 0.05) is 18.1 Å². The third-order valence-electron chi connectivity index (χ3n) is 3.25. The molecule has 0 aliphatic carbocycles. The van der Waals surface area contributed by atoms with Gasteiger partial charge in [-0.05, 0) is 25.1 Å². The van der Waals surface area contributed by atoms with Gasteiger partial charge in [-0.1, -0.05) is 6.07 Å². The topological polar surface area (TPSA) is 89.9 Å². The first kappa shape index (κ1) is 16.0. The summed E-state index contributed by atoms with van der Waals surface area (Å²) in [6, 6.07) is 7.13. The van der Waals surface area contributed by atoms with Crippen molar-refractivity contribution in [3.63, 3.8) is 0 Å². The number of carbonyl (C=O) groups excluding carboxylic acids is 1. The zero-order valence-electron chi connectivity index (χ0n) is 12.9. The molecule has 1 N–H and O–H groups in total. The van der Waals surface area contributed by atoms with E-state index in [1.165, 1.54) is 11.3 Å². The molecular formula is C16H15N5O2S. The van der Waals surface area contributed by atoms with E-state index in [4.69, 9.17) is 4.74 Å². The molecule has 0 spiro atoms. The Balaban J connectivity index is 1.92. The number of aromatic nitrogens is 4. The first-order chi connectivity index (χ1) is 11.8. The van der Waals surface area contributed by atoms with Crippen molar-refractivity contribution in [2.75, 3.05) is 11.9 Å². The lowest BCUT2D eigenvalue weighted by Gasteiger charge is -2.17. The molecule has 0 aromatic carbocycles. The summed E-state index contributed by atoms with van der Waals surface area (Å²) < 4.78 is 4.97. The fourth-order valence-electron chi connectivity index (χ4n) is 2.19. The first-order valence-corrected chi connectivity index (χ1v) is 8.12. The van der Waals surface area contributed by atoms with Gasteiger partial charge in [0.2, 0.25) is 5.95 Å². The van der Waals surface area contributed by atoms with E-state index in [2.05, 4.69) is 25.3 Å². The molecule has 1 atom stereocenters. The van der Waals surface area contributed by atoms with Gasteiger partial charge in [0.1, 0.15) is 12.3 Å². The van der Waals surface area contributed by atoms with Crippen LogP contribution in [0.25, 0.3) is 11.4 Å². The van der Waals surface area contributed by atoms with Crippen LogP contribution >= 0.6 is 11.3 Å². The Bertz CT molecular complexity index is 809. The van der Waals surface area contributed by atoms with Crippen LogP contribution in [-0.4, -0.2) is 33.0 Å². The standard InChI is InChI=1S/C16H15N5O2S/c1-11-5-7-18-16(20-11)21-13(8-23-10-22)15-14(19-9-24-15)12-4-2-3-6-17-12/h2-7,9-10,13H,8H2,1H3,(H,18,20,21). The van der Waals surface area contributed by atoms with Gasteiger partial charge in [-0.2, -0.15) is 0 Å². The van der Waals surface area contributed by atoms with Crippen LogP contribution < -0.4 is 5.32 Å². The molecule has 0 saturated carbocycles. The highest BCUT2D eigenvalue weighted by Gasteiger charge is 2.21. The molecule has 3 aromatic heterocycles. The monoisotopic (exact) mass is 341 g/mol. The van der Waals surface area contributed by atoms with Gasteiger partial charge in [-0.15, -0.1) is 11.3 Å². The number of carbonyl (C=O) groups is 1. The van der Waals surface area contributed by atoms with Crippen LogP contribution in [0, 0.1) is 6.92 Å². The van der Waals surface area contributed by atoms with Crippen LogP contribution in [0.5, 0.6) is 0 Å². The van der Waals surface area contributed by atoms with Crippen LogP contribution in [0.2, 0.25) is 0 Å². The molecule has 0 aliphatic rings. The summed E-state index contributed by atoms with van der Waals surface area (Å²) in [6.45, 7) is 2.45. The molecule has 0 bridgehead atoms. The normalized spacial score (nSPS) is 11.7. The predicted molar refractivity (Wildman–Crippen MR) is 90.5 cm³/mol. The Morgan fingerprint density at radius 3 is 2.92 bits per heavy atom. The maximum Gasteiger partial charge on any atom is 0.293 e. The van der Waals surface area contributed by atoms with E-state index in [1.54, 1.807) is 17.9 Å². The first-order valence-electron chi connectivity index (χ1n) is 7.24. The minimum Gasteiger partial charge on any atom is -0.465 e. The molecule has 0 fully saturated rings. The van der Waals surface area contributed by atoms with Crippen LogP contribution in [0.1, 0.15) is 16.6 Å². The second kappa shape index (κ2) is 7.60. The Morgan fingerprint density at radius 2 is 2.17 bits per heavy atom. The molecule has 0 amide bonds. The molecule has 3 rings (SSSR count). The van der Waals surface area contributed by atoms with Crippen molar-refractivity contribution < 1.29 is 9.53 Å². The summed E-state index contributed by atoms with van der Waals surface area (Å²) in [5.74, 6) is 0.467. The van der Waals surface area contributed by atoms with Gasteiger partial charge < -0.3 is 10.1 Å². The zero-order chi connectivity index (χ0) is 16.8. The van der Waals surface area contributed by atoms with Gasteiger partial charge in [-0.25, -0.2) is 15.0 Å². The third-order valence-corrected chi connectivity index (χ3v) is 4.19. The molecule has 8 heteroatoms. The van der Waals surface area contributed by atoms with Crippen LogP contribution in [0.4, 0.5) is 5.95 Å². The Labute approximate surface area is 142 Å². The average Bonchev–Trinajstić information content (AvgIpc) is 3.09. The summed E-state index contributed by atoms with van der Waals surface area (Å²) in [6.07, 6.45) is 3.39. The Hall–Kier alpha value is -2.87. The maximum atomic E-state index is 10.6. The minimum atomic E-state index is -0.318. The van der Waals surface area contributed by atoms with Crippen LogP contribution in [0.3, 0.4) is 0 Å². The van der Waals surface area contributed by atoms with Gasteiger partial charge in [0.15, 0.2) is 0 Å². The van der Waals surface area contributed by atoms with Crippen LogP contribution in [0.15, 0.2) is 42.2 Å². The second-order valence-corrected chi connectivity index (χ2v) is 5.81. The summed E-state index contributed by atoms with van der Waals surface area (Å²) in [5.41, 5.74) is 4.10. The van der Waals surface area contributed by atoms with Crippen molar-refractivity contribution in [3.8, 4) is 11.4 Å². The lowest BCUT2D eigenvalue weighted by atomic mass is 10.1. The molecule has 3 heterocycles. The Morgan fingerprint density at radius 1 is 1.25 bits per heavy atom. The van der Waals surface area contributed by atoms with E-state index in [0.29, 0.717) is 12.4 Å². The lowest BCUT2D eigenvalue weighted by Crippen LogP contribution is -2.18.